The highest BCUT2D eigenvalue weighted by Gasteiger charge is 2.39. The van der Waals surface area contributed by atoms with Crippen LogP contribution < -0.4 is 0 Å². The van der Waals surface area contributed by atoms with Gasteiger partial charge in [0.25, 0.3) is 0 Å². The predicted octanol–water partition coefficient (Wildman–Crippen LogP) is 1.64. The Balaban J connectivity index is 5.26. The first kappa shape index (κ1) is 17.0. The van der Waals surface area contributed by atoms with Gasteiger partial charge in [0.15, 0.2) is 0 Å². The highest BCUT2D eigenvalue weighted by molar-refractivity contribution is 6.45. The van der Waals surface area contributed by atoms with Crippen LogP contribution in [0.4, 0.5) is 0 Å². The van der Waals surface area contributed by atoms with Gasteiger partial charge >= 0.3 is 0 Å². The van der Waals surface area contributed by atoms with Crippen LogP contribution in [0.25, 0.3) is 0 Å². The van der Waals surface area contributed by atoms with Crippen molar-refractivity contribution in [1.29, 1.82) is 0 Å². The van der Waals surface area contributed by atoms with E-state index in [4.69, 9.17) is 0 Å². The number of carbonyl (C=O) groups is 2. The number of rotatable bonds is 6. The number of hydrogen-bond donors (Lipinski definition) is 2. The second kappa shape index (κ2) is 6.25. The van der Waals surface area contributed by atoms with Gasteiger partial charge < -0.3 is 10.2 Å². The van der Waals surface area contributed by atoms with Crippen molar-refractivity contribution < 1.29 is 19.8 Å². The molecule has 2 N–H and O–H groups in total. The molecule has 0 spiro atoms. The standard InChI is InChI=1S/C14H24O4/c1-7-11(16)14(5,6)13(18)12(17)9(3)8(2)10(4)15/h10-11,15-16H,7H2,1-6H3/b9-8+/t10?,11-/m0/s1. The van der Waals surface area contributed by atoms with E-state index in [1.807, 2.05) is 0 Å². The maximum atomic E-state index is 12.1. The van der Waals surface area contributed by atoms with E-state index < -0.39 is 29.2 Å². The zero-order valence-corrected chi connectivity index (χ0v) is 12.1. The summed E-state index contributed by atoms with van der Waals surface area (Å²) in [5, 5.41) is 19.2. The van der Waals surface area contributed by atoms with Crippen LogP contribution in [0.1, 0.15) is 48.0 Å². The highest BCUT2D eigenvalue weighted by atomic mass is 16.3. The molecule has 4 nitrogen and oxygen atoms in total. The third-order valence-corrected chi connectivity index (χ3v) is 3.57. The van der Waals surface area contributed by atoms with Crippen molar-refractivity contribution >= 4 is 11.6 Å². The Morgan fingerprint density at radius 1 is 1.17 bits per heavy atom. The molecule has 0 fully saturated rings. The molecule has 0 saturated heterocycles. The van der Waals surface area contributed by atoms with Gasteiger partial charge in [-0.2, -0.15) is 0 Å². The number of aliphatic hydroxyl groups is 2. The normalized spacial score (nSPS) is 16.9. The minimum absolute atomic E-state index is 0.256. The fourth-order valence-electron chi connectivity index (χ4n) is 1.62. The summed E-state index contributed by atoms with van der Waals surface area (Å²) in [6.45, 7) is 9.57. The van der Waals surface area contributed by atoms with Crippen molar-refractivity contribution in [3.05, 3.63) is 11.1 Å². The van der Waals surface area contributed by atoms with E-state index in [-0.39, 0.29) is 5.57 Å². The molecule has 0 aliphatic carbocycles. The minimum atomic E-state index is -1.11. The predicted molar refractivity (Wildman–Crippen MR) is 70.1 cm³/mol. The van der Waals surface area contributed by atoms with Crippen LogP contribution in [-0.4, -0.2) is 34.0 Å². The van der Waals surface area contributed by atoms with Crippen LogP contribution in [0, 0.1) is 5.41 Å². The molecule has 0 aromatic heterocycles. The van der Waals surface area contributed by atoms with Crippen LogP contribution in [-0.2, 0) is 9.59 Å². The van der Waals surface area contributed by atoms with Crippen molar-refractivity contribution in [2.45, 2.75) is 60.2 Å². The molecule has 18 heavy (non-hydrogen) atoms. The zero-order valence-electron chi connectivity index (χ0n) is 12.1. The molecule has 0 radical (unpaired) electrons. The summed E-state index contributed by atoms with van der Waals surface area (Å²) in [4.78, 5) is 24.1. The number of ketones is 2. The lowest BCUT2D eigenvalue weighted by atomic mass is 9.77. The van der Waals surface area contributed by atoms with Gasteiger partial charge in [-0.25, -0.2) is 0 Å². The van der Waals surface area contributed by atoms with Crippen molar-refractivity contribution in [3.8, 4) is 0 Å². The van der Waals surface area contributed by atoms with E-state index in [2.05, 4.69) is 0 Å². The van der Waals surface area contributed by atoms with Crippen LogP contribution in [0.3, 0.4) is 0 Å². The second-order valence-corrected chi connectivity index (χ2v) is 5.29. The largest absolute Gasteiger partial charge is 0.392 e. The van der Waals surface area contributed by atoms with Crippen LogP contribution in [0.15, 0.2) is 11.1 Å². The maximum absolute atomic E-state index is 12.1. The molecule has 2 atom stereocenters. The average Bonchev–Trinajstić information content (AvgIpc) is 2.33. The first-order chi connectivity index (χ1) is 8.07. The molecule has 0 heterocycles. The molecular formula is C14H24O4. The third kappa shape index (κ3) is 3.50. The van der Waals surface area contributed by atoms with Crippen LogP contribution in [0.5, 0.6) is 0 Å². The van der Waals surface area contributed by atoms with E-state index in [1.165, 1.54) is 6.92 Å². The van der Waals surface area contributed by atoms with E-state index in [0.29, 0.717) is 12.0 Å². The Hall–Kier alpha value is -1.00. The summed E-state index contributed by atoms with van der Waals surface area (Å²) < 4.78 is 0. The number of carbonyl (C=O) groups excluding carboxylic acids is 2. The number of aliphatic hydroxyl groups excluding tert-OH is 2. The van der Waals surface area contributed by atoms with E-state index in [9.17, 15) is 19.8 Å². The van der Waals surface area contributed by atoms with E-state index in [1.54, 1.807) is 34.6 Å². The first-order valence-corrected chi connectivity index (χ1v) is 6.19. The summed E-state index contributed by atoms with van der Waals surface area (Å²) in [5.41, 5.74) is -0.368. The quantitative estimate of drug-likeness (QED) is 0.559. The lowest BCUT2D eigenvalue weighted by Gasteiger charge is -2.27. The third-order valence-electron chi connectivity index (χ3n) is 3.57. The molecule has 0 bridgehead atoms. The monoisotopic (exact) mass is 256 g/mol. The summed E-state index contributed by atoms with van der Waals surface area (Å²) in [6, 6.07) is 0. The molecule has 0 aromatic carbocycles. The molecule has 4 heteroatoms. The van der Waals surface area contributed by atoms with Gasteiger partial charge in [0.05, 0.1) is 17.6 Å². The van der Waals surface area contributed by atoms with Crippen LogP contribution in [0.2, 0.25) is 0 Å². The van der Waals surface area contributed by atoms with Gasteiger partial charge in [-0.15, -0.1) is 0 Å². The lowest BCUT2D eigenvalue weighted by molar-refractivity contribution is -0.143. The van der Waals surface area contributed by atoms with Crippen LogP contribution >= 0.6 is 0 Å². The summed E-state index contributed by atoms with van der Waals surface area (Å²) >= 11 is 0. The Bertz CT molecular complexity index is 364. The van der Waals surface area contributed by atoms with Crippen molar-refractivity contribution in [1.82, 2.24) is 0 Å². The van der Waals surface area contributed by atoms with Gasteiger partial charge in [-0.1, -0.05) is 6.92 Å². The summed E-state index contributed by atoms with van der Waals surface area (Å²) in [6.07, 6.45) is -1.21. The molecular weight excluding hydrogens is 232 g/mol. The van der Waals surface area contributed by atoms with Gasteiger partial charge in [0.1, 0.15) is 0 Å². The molecule has 0 aromatic rings. The Morgan fingerprint density at radius 2 is 1.61 bits per heavy atom. The topological polar surface area (TPSA) is 74.6 Å². The van der Waals surface area contributed by atoms with Crippen molar-refractivity contribution in [2.75, 3.05) is 0 Å². The highest BCUT2D eigenvalue weighted by Crippen LogP contribution is 2.26. The maximum Gasteiger partial charge on any atom is 0.224 e. The molecule has 104 valence electrons. The Labute approximate surface area is 109 Å². The van der Waals surface area contributed by atoms with E-state index >= 15 is 0 Å². The molecule has 0 aliphatic heterocycles. The molecule has 0 rings (SSSR count). The molecule has 0 saturated carbocycles. The summed E-state index contributed by atoms with van der Waals surface area (Å²) in [7, 11) is 0. The first-order valence-electron chi connectivity index (χ1n) is 6.19. The second-order valence-electron chi connectivity index (χ2n) is 5.29. The Morgan fingerprint density at radius 3 is 1.94 bits per heavy atom. The number of hydrogen-bond acceptors (Lipinski definition) is 4. The van der Waals surface area contributed by atoms with Crippen molar-refractivity contribution in [3.63, 3.8) is 0 Å². The van der Waals surface area contributed by atoms with Gasteiger partial charge in [0, 0.05) is 5.57 Å². The van der Waals surface area contributed by atoms with Gasteiger partial charge in [0.2, 0.25) is 11.6 Å². The average molecular weight is 256 g/mol. The molecule has 0 aliphatic rings. The zero-order chi connectivity index (χ0) is 14.7. The van der Waals surface area contributed by atoms with Gasteiger partial charge in [-0.05, 0) is 46.6 Å². The molecule has 0 amide bonds. The van der Waals surface area contributed by atoms with Crippen molar-refractivity contribution in [2.24, 2.45) is 5.41 Å². The molecule has 1 unspecified atom stereocenters. The lowest BCUT2D eigenvalue weighted by Crippen LogP contribution is -2.41. The fourth-order valence-corrected chi connectivity index (χ4v) is 1.62. The van der Waals surface area contributed by atoms with E-state index in [0.717, 1.165) is 0 Å². The Kier molecular flexibility index (Phi) is 5.90. The SMILES string of the molecule is CC[C@H](O)C(C)(C)C(=O)C(=O)/C(C)=C(\C)C(C)O. The fraction of sp³-hybridized carbons (Fsp3) is 0.714. The smallest absolute Gasteiger partial charge is 0.224 e. The van der Waals surface area contributed by atoms with Gasteiger partial charge in [-0.3, -0.25) is 9.59 Å². The minimum Gasteiger partial charge on any atom is -0.392 e. The number of Topliss-reactive ketones (excluding diaryl/α,β-unsaturated/α-hetero) is 2. The number of allylic oxidation sites excluding steroid dienone is 1. The summed E-state index contributed by atoms with van der Waals surface area (Å²) in [5.74, 6) is -1.25.